The van der Waals surface area contributed by atoms with Gasteiger partial charge in [0, 0.05) is 18.2 Å². The number of rotatable bonds is 3. The van der Waals surface area contributed by atoms with Crippen molar-refractivity contribution in [2.75, 3.05) is 5.32 Å². The van der Waals surface area contributed by atoms with Gasteiger partial charge in [-0.25, -0.2) is 17.6 Å². The molecule has 0 fully saturated rings. The minimum Gasteiger partial charge on any atom is -0.377 e. The van der Waals surface area contributed by atoms with Crippen LogP contribution in [0.25, 0.3) is 0 Å². The predicted molar refractivity (Wildman–Crippen MR) is 65.1 cm³/mol. The smallest absolute Gasteiger partial charge is 0.150 e. The zero-order valence-electron chi connectivity index (χ0n) is 9.48. The SMILES string of the molecule is Fc1cc(F)c(NCc2c(F)cccc2F)c(Cl)c1. The van der Waals surface area contributed by atoms with E-state index in [2.05, 4.69) is 5.32 Å². The molecule has 0 spiro atoms. The van der Waals surface area contributed by atoms with Crippen LogP contribution in [0, 0.1) is 23.3 Å². The van der Waals surface area contributed by atoms with Gasteiger partial charge in [0.2, 0.25) is 0 Å². The van der Waals surface area contributed by atoms with Crippen LogP contribution in [-0.2, 0) is 6.54 Å². The summed E-state index contributed by atoms with van der Waals surface area (Å²) in [5, 5.41) is 2.25. The summed E-state index contributed by atoms with van der Waals surface area (Å²) in [5.41, 5.74) is -0.451. The summed E-state index contributed by atoms with van der Waals surface area (Å²) in [5.74, 6) is -3.27. The molecule has 2 aromatic rings. The van der Waals surface area contributed by atoms with E-state index in [1.165, 1.54) is 6.07 Å². The largest absolute Gasteiger partial charge is 0.377 e. The number of halogens is 5. The van der Waals surface area contributed by atoms with Crippen molar-refractivity contribution in [1.82, 2.24) is 0 Å². The molecule has 19 heavy (non-hydrogen) atoms. The Labute approximate surface area is 111 Å². The fourth-order valence-electron chi connectivity index (χ4n) is 1.59. The first-order valence-electron chi connectivity index (χ1n) is 5.30. The van der Waals surface area contributed by atoms with E-state index in [1.807, 2.05) is 0 Å². The van der Waals surface area contributed by atoms with Crippen molar-refractivity contribution < 1.29 is 17.6 Å². The third kappa shape index (κ3) is 2.98. The second-order valence-electron chi connectivity index (χ2n) is 3.80. The number of benzene rings is 2. The molecule has 0 aliphatic heterocycles. The van der Waals surface area contributed by atoms with Crippen molar-refractivity contribution in [2.45, 2.75) is 6.54 Å². The summed E-state index contributed by atoms with van der Waals surface area (Å²) in [7, 11) is 0. The van der Waals surface area contributed by atoms with Gasteiger partial charge in [0.1, 0.15) is 17.5 Å². The Morgan fingerprint density at radius 3 is 2.16 bits per heavy atom. The highest BCUT2D eigenvalue weighted by atomic mass is 35.5. The molecule has 0 aliphatic rings. The first kappa shape index (κ1) is 13.7. The summed E-state index contributed by atoms with van der Waals surface area (Å²) < 4.78 is 53.0. The van der Waals surface area contributed by atoms with Crippen molar-refractivity contribution >= 4 is 17.3 Å². The van der Waals surface area contributed by atoms with Gasteiger partial charge in [-0.2, -0.15) is 0 Å². The number of nitrogens with one attached hydrogen (secondary N) is 1. The van der Waals surface area contributed by atoms with Crippen LogP contribution in [0.4, 0.5) is 23.2 Å². The van der Waals surface area contributed by atoms with E-state index in [0.717, 1.165) is 18.2 Å². The third-order valence-corrected chi connectivity index (χ3v) is 2.81. The van der Waals surface area contributed by atoms with E-state index in [-0.39, 0.29) is 22.8 Å². The Morgan fingerprint density at radius 2 is 1.58 bits per heavy atom. The van der Waals surface area contributed by atoms with Gasteiger partial charge in [-0.15, -0.1) is 0 Å². The average Bonchev–Trinajstić information content (AvgIpc) is 2.31. The molecule has 6 heteroatoms. The lowest BCUT2D eigenvalue weighted by molar-refractivity contribution is 0.558. The van der Waals surface area contributed by atoms with E-state index < -0.39 is 23.3 Å². The van der Waals surface area contributed by atoms with Gasteiger partial charge in [-0.05, 0) is 18.2 Å². The van der Waals surface area contributed by atoms with Crippen LogP contribution >= 0.6 is 11.6 Å². The van der Waals surface area contributed by atoms with E-state index >= 15 is 0 Å². The van der Waals surface area contributed by atoms with Gasteiger partial charge in [0.05, 0.1) is 10.7 Å². The van der Waals surface area contributed by atoms with Gasteiger partial charge in [0.15, 0.2) is 5.82 Å². The van der Waals surface area contributed by atoms with Crippen LogP contribution in [0.3, 0.4) is 0 Å². The second kappa shape index (κ2) is 5.48. The molecule has 0 atom stereocenters. The first-order chi connectivity index (χ1) is 8.99. The normalized spacial score (nSPS) is 10.6. The molecule has 2 aromatic carbocycles. The van der Waals surface area contributed by atoms with Gasteiger partial charge < -0.3 is 5.32 Å². The summed E-state index contributed by atoms with van der Waals surface area (Å²) in [4.78, 5) is 0. The van der Waals surface area contributed by atoms with Crippen LogP contribution < -0.4 is 5.32 Å². The van der Waals surface area contributed by atoms with E-state index in [1.54, 1.807) is 0 Å². The van der Waals surface area contributed by atoms with Crippen molar-refractivity contribution in [3.05, 3.63) is 64.2 Å². The lowest BCUT2D eigenvalue weighted by Crippen LogP contribution is -2.06. The molecule has 0 saturated heterocycles. The minimum atomic E-state index is -0.929. The van der Waals surface area contributed by atoms with Crippen molar-refractivity contribution in [2.24, 2.45) is 0 Å². The summed E-state index contributed by atoms with van der Waals surface area (Å²) in [6, 6.07) is 4.93. The molecular formula is C13H8ClF4N. The topological polar surface area (TPSA) is 12.0 Å². The van der Waals surface area contributed by atoms with Crippen LogP contribution in [0.2, 0.25) is 5.02 Å². The highest BCUT2D eigenvalue weighted by Gasteiger charge is 2.12. The van der Waals surface area contributed by atoms with Crippen LogP contribution in [-0.4, -0.2) is 0 Å². The fourth-order valence-corrected chi connectivity index (χ4v) is 1.85. The van der Waals surface area contributed by atoms with Crippen molar-refractivity contribution in [3.8, 4) is 0 Å². The fraction of sp³-hybridized carbons (Fsp3) is 0.0769. The maximum absolute atomic E-state index is 13.4. The zero-order chi connectivity index (χ0) is 14.0. The predicted octanol–water partition coefficient (Wildman–Crippen LogP) is 4.51. The van der Waals surface area contributed by atoms with E-state index in [0.29, 0.717) is 6.07 Å². The molecule has 0 aliphatic carbocycles. The monoisotopic (exact) mass is 289 g/mol. The number of anilines is 1. The summed E-state index contributed by atoms with van der Waals surface area (Å²) in [6.07, 6.45) is 0. The third-order valence-electron chi connectivity index (χ3n) is 2.51. The lowest BCUT2D eigenvalue weighted by atomic mass is 10.2. The van der Waals surface area contributed by atoms with Crippen LogP contribution in [0.15, 0.2) is 30.3 Å². The van der Waals surface area contributed by atoms with Crippen molar-refractivity contribution in [1.29, 1.82) is 0 Å². The Hall–Kier alpha value is -1.75. The maximum Gasteiger partial charge on any atom is 0.150 e. The molecule has 0 unspecified atom stereocenters. The lowest BCUT2D eigenvalue weighted by Gasteiger charge is -2.11. The molecule has 100 valence electrons. The molecule has 0 aromatic heterocycles. The quantitative estimate of drug-likeness (QED) is 0.820. The van der Waals surface area contributed by atoms with Gasteiger partial charge >= 0.3 is 0 Å². The molecule has 0 bridgehead atoms. The van der Waals surface area contributed by atoms with Crippen LogP contribution in [0.1, 0.15) is 5.56 Å². The highest BCUT2D eigenvalue weighted by molar-refractivity contribution is 6.33. The molecule has 2 rings (SSSR count). The summed E-state index contributed by atoms with van der Waals surface area (Å²) >= 11 is 5.65. The summed E-state index contributed by atoms with van der Waals surface area (Å²) in [6.45, 7) is -0.305. The number of hydrogen-bond donors (Lipinski definition) is 1. The van der Waals surface area contributed by atoms with E-state index in [4.69, 9.17) is 11.6 Å². The standard InChI is InChI=1S/C13H8ClF4N/c14-9-4-7(15)5-12(18)13(9)19-6-8-10(16)2-1-3-11(8)17/h1-5,19H,6H2. The molecule has 1 N–H and O–H groups in total. The zero-order valence-corrected chi connectivity index (χ0v) is 10.2. The number of hydrogen-bond acceptors (Lipinski definition) is 1. The minimum absolute atomic E-state index is 0.200. The molecule has 1 nitrogen and oxygen atoms in total. The molecule has 0 heterocycles. The Morgan fingerprint density at radius 1 is 0.947 bits per heavy atom. The van der Waals surface area contributed by atoms with E-state index in [9.17, 15) is 17.6 Å². The molecule has 0 radical (unpaired) electrons. The molecule has 0 saturated carbocycles. The van der Waals surface area contributed by atoms with Gasteiger partial charge in [0.25, 0.3) is 0 Å². The maximum atomic E-state index is 13.4. The van der Waals surface area contributed by atoms with Gasteiger partial charge in [-0.1, -0.05) is 17.7 Å². The molecular weight excluding hydrogens is 282 g/mol. The van der Waals surface area contributed by atoms with Gasteiger partial charge in [-0.3, -0.25) is 0 Å². The Kier molecular flexibility index (Phi) is 3.95. The molecule has 0 amide bonds. The average molecular weight is 290 g/mol. The highest BCUT2D eigenvalue weighted by Crippen LogP contribution is 2.27. The Balaban J connectivity index is 2.24. The van der Waals surface area contributed by atoms with Crippen molar-refractivity contribution in [3.63, 3.8) is 0 Å². The first-order valence-corrected chi connectivity index (χ1v) is 5.68. The Bertz CT molecular complexity index is 572. The second-order valence-corrected chi connectivity index (χ2v) is 4.21. The van der Waals surface area contributed by atoms with Crippen LogP contribution in [0.5, 0.6) is 0 Å².